The zero-order chi connectivity index (χ0) is 56.9. The van der Waals surface area contributed by atoms with Crippen LogP contribution in [0.1, 0.15) is 60.9 Å². The molecule has 0 radical (unpaired) electrons. The monoisotopic (exact) mass is 1210 g/mol. The van der Waals surface area contributed by atoms with E-state index in [1.807, 2.05) is 45.9 Å². The SMILES string of the molecule is CC1(C)OC[C@@H](Cc2cnc(-c3ccc(C(=O)Nc4nc5ccc(Cl)cc5s4)cc3)c(F)c2)O1.CC1(C)OC[C@@H](Cc2cnc(-c3ccc(C(=O)O)cc3)c(F)c2)O1.Cl.Nc1nc2ccc(Cl)cc2s1.O=C(Cl)C(=O)Cl.[2H]CF. The number of rotatable bonds is 10. The van der Waals surface area contributed by atoms with Crippen LogP contribution in [-0.2, 0) is 41.4 Å². The largest absolute Gasteiger partial charge is 0.478 e. The minimum Gasteiger partial charge on any atom is -0.478 e. The average Bonchev–Trinajstić information content (AvgIpc) is 4.15. The highest BCUT2D eigenvalue weighted by molar-refractivity contribution is 7.22. The van der Waals surface area contributed by atoms with Gasteiger partial charge in [-0.3, -0.25) is 34.1 Å². The molecule has 2 saturated heterocycles. The molecule has 6 heterocycles. The van der Waals surface area contributed by atoms with Crippen LogP contribution >= 0.6 is 81.5 Å². The van der Waals surface area contributed by atoms with Crippen molar-refractivity contribution in [1.29, 1.82) is 0 Å². The lowest BCUT2D eigenvalue weighted by Gasteiger charge is -2.17. The first-order valence-electron chi connectivity index (χ1n) is 23.4. The van der Waals surface area contributed by atoms with Crippen molar-refractivity contribution in [2.24, 2.45) is 0 Å². The Morgan fingerprint density at radius 2 is 1.13 bits per heavy atom. The van der Waals surface area contributed by atoms with E-state index in [0.717, 1.165) is 36.6 Å². The summed E-state index contributed by atoms with van der Waals surface area (Å²) in [6.07, 6.45) is 4.04. The Bertz CT molecular complexity index is 3410. The Labute approximate surface area is 481 Å². The van der Waals surface area contributed by atoms with Gasteiger partial charge in [0.25, 0.3) is 5.91 Å². The number of carboxylic acid groups (broad SMARTS) is 1. The lowest BCUT2D eigenvalue weighted by Crippen LogP contribution is -2.22. The van der Waals surface area contributed by atoms with E-state index in [-0.39, 0.29) is 47.5 Å². The molecule has 412 valence electrons. The van der Waals surface area contributed by atoms with E-state index in [0.29, 0.717) is 58.0 Å². The number of aromatic carboxylic acids is 1. The van der Waals surface area contributed by atoms with Crippen molar-refractivity contribution >= 4 is 135 Å². The van der Waals surface area contributed by atoms with Gasteiger partial charge in [0.15, 0.2) is 21.8 Å². The fourth-order valence-corrected chi connectivity index (χ4v) is 9.59. The Balaban J connectivity index is 0.000000220. The molecule has 0 aliphatic carbocycles. The molecule has 0 spiro atoms. The van der Waals surface area contributed by atoms with Gasteiger partial charge < -0.3 is 29.8 Å². The molecule has 4 aromatic carbocycles. The molecule has 0 unspecified atom stereocenters. The van der Waals surface area contributed by atoms with Crippen LogP contribution in [0.2, 0.25) is 10.0 Å². The van der Waals surface area contributed by atoms with Gasteiger partial charge in [-0.05, 0) is 135 Å². The second-order valence-corrected chi connectivity index (χ2v) is 21.1. The number of thiazole rings is 2. The summed E-state index contributed by atoms with van der Waals surface area (Å²) in [5.74, 6) is -3.43. The van der Waals surface area contributed by atoms with Gasteiger partial charge in [-0.2, -0.15) is 0 Å². The van der Waals surface area contributed by atoms with E-state index in [2.05, 4.69) is 48.5 Å². The molecule has 2 aliphatic heterocycles. The molecule has 0 saturated carbocycles. The number of nitrogens with two attached hydrogens (primary N) is 1. The molecule has 15 nitrogen and oxygen atoms in total. The zero-order valence-corrected chi connectivity index (χ0v) is 47.0. The third-order valence-corrected chi connectivity index (χ3v) is 13.5. The van der Waals surface area contributed by atoms with Crippen molar-refractivity contribution in [1.82, 2.24) is 19.9 Å². The summed E-state index contributed by atoms with van der Waals surface area (Å²) in [6.45, 7) is 8.32. The molecule has 8 aromatic rings. The van der Waals surface area contributed by atoms with Crippen molar-refractivity contribution in [3.05, 3.63) is 153 Å². The molecule has 2 fully saturated rings. The summed E-state index contributed by atoms with van der Waals surface area (Å²) < 4.78 is 69.2. The third-order valence-electron chi connectivity index (χ3n) is 10.8. The quantitative estimate of drug-likeness (QED) is 0.0858. The number of carbonyl (C=O) groups excluding carboxylic acids is 3. The van der Waals surface area contributed by atoms with Gasteiger partial charge in [-0.15, -0.1) is 12.4 Å². The number of hydrogen-bond donors (Lipinski definition) is 3. The average molecular weight is 1210 g/mol. The van der Waals surface area contributed by atoms with Gasteiger partial charge >= 0.3 is 16.5 Å². The molecule has 2 atom stereocenters. The normalized spacial score (nSPS) is 15.8. The molecule has 0 bridgehead atoms. The Morgan fingerprint density at radius 3 is 1.53 bits per heavy atom. The van der Waals surface area contributed by atoms with E-state index in [1.165, 1.54) is 46.9 Å². The number of carbonyl (C=O) groups is 4. The predicted octanol–water partition coefficient (Wildman–Crippen LogP) is 13.4. The number of benzene rings is 4. The second kappa shape index (κ2) is 28.3. The first-order chi connectivity index (χ1) is 36.9. The summed E-state index contributed by atoms with van der Waals surface area (Å²) in [4.78, 5) is 59.3. The van der Waals surface area contributed by atoms with Crippen molar-refractivity contribution in [2.45, 2.75) is 64.3 Å². The van der Waals surface area contributed by atoms with Crippen molar-refractivity contribution < 1.29 is 57.8 Å². The number of aromatic nitrogens is 4. The van der Waals surface area contributed by atoms with Crippen LogP contribution in [0, 0.1) is 11.6 Å². The van der Waals surface area contributed by atoms with Gasteiger partial charge in [0.05, 0.1) is 59.9 Å². The number of nitrogens with one attached hydrogen (secondary N) is 1. The molecule has 1 amide bonds. The maximum absolute atomic E-state index is 14.8. The minimum absolute atomic E-state index is 0. The van der Waals surface area contributed by atoms with E-state index in [4.69, 9.17) is 54.4 Å². The van der Waals surface area contributed by atoms with Crippen LogP contribution in [0.25, 0.3) is 42.9 Å². The van der Waals surface area contributed by atoms with Crippen molar-refractivity contribution in [3.63, 3.8) is 0 Å². The molecular formula is C53H48Cl5F3N6O9S2. The van der Waals surface area contributed by atoms with E-state index in [9.17, 15) is 32.3 Å². The standard InChI is InChI=1S/C25H21ClFN3O3S.C18H18FNO4.C7H5ClN2S.C2Cl2O2.CH3F.ClH/c1-25(2)32-13-18(33-25)9-14-10-19(27)22(28-12-14)15-3-5-16(6-4-15)23(31)30-24-29-20-8-7-17(26)11-21(20)34-24;1-18(2)23-10-14(24-18)7-11-8-15(19)16(20-9-11)12-3-5-13(6-4-12)17(21)22;8-4-1-2-5-6(3-4)11-7(9)10-5;3-1(5)2(4)6;1-2;/h3-8,10-12,18H,9,13H2,1-2H3,(H,29,30,31);3-6,8-9,14H,7,10H2,1-2H3,(H,21,22);1-3H,(H2,9,10);;1H3;1H/t18-;14-;;;;/m11..../s1/i;;;;1D;. The highest BCUT2D eigenvalue weighted by Crippen LogP contribution is 2.31. The predicted molar refractivity (Wildman–Crippen MR) is 301 cm³/mol. The highest BCUT2D eigenvalue weighted by Gasteiger charge is 2.34. The van der Waals surface area contributed by atoms with Gasteiger partial charge in [0, 0.05) is 52.0 Å². The number of nitrogens with zero attached hydrogens (tertiary/aromatic N) is 4. The maximum Gasteiger partial charge on any atom is 0.335 e. The molecule has 10 rings (SSSR count). The van der Waals surface area contributed by atoms with Crippen molar-refractivity contribution in [2.75, 3.05) is 31.4 Å². The Kier molecular flexibility index (Phi) is 22.3. The van der Waals surface area contributed by atoms with Gasteiger partial charge in [0.2, 0.25) is 0 Å². The van der Waals surface area contributed by atoms with Crippen LogP contribution in [-0.4, -0.2) is 91.6 Å². The highest BCUT2D eigenvalue weighted by atomic mass is 35.5. The smallest absolute Gasteiger partial charge is 0.335 e. The molecule has 78 heavy (non-hydrogen) atoms. The lowest BCUT2D eigenvalue weighted by molar-refractivity contribution is -0.138. The number of anilines is 2. The Hall–Kier alpha value is -5.88. The summed E-state index contributed by atoms with van der Waals surface area (Å²) >= 11 is 23.6. The number of ether oxygens (including phenoxy) is 4. The lowest BCUT2D eigenvalue weighted by atomic mass is 10.1. The number of halogens is 8. The van der Waals surface area contributed by atoms with E-state index >= 15 is 0 Å². The van der Waals surface area contributed by atoms with Crippen molar-refractivity contribution in [3.8, 4) is 22.5 Å². The van der Waals surface area contributed by atoms with E-state index in [1.54, 1.807) is 67.0 Å². The molecule has 4 N–H and O–H groups in total. The number of pyridine rings is 2. The molecule has 4 aromatic heterocycles. The number of nitrogen functional groups attached to an aromatic ring is 1. The summed E-state index contributed by atoms with van der Waals surface area (Å²) in [6, 6.07) is 26.4. The molecule has 2 aliphatic rings. The molecular weight excluding hydrogens is 1160 g/mol. The first-order valence-corrected chi connectivity index (χ1v) is 25.9. The number of amides is 1. The number of alkyl halides is 1. The van der Waals surface area contributed by atoms with Crippen LogP contribution in [0.3, 0.4) is 0 Å². The van der Waals surface area contributed by atoms with Crippen LogP contribution < -0.4 is 11.1 Å². The van der Waals surface area contributed by atoms with Gasteiger partial charge in [-0.25, -0.2) is 23.5 Å². The number of fused-ring (bicyclic) bond motifs is 2. The fourth-order valence-electron chi connectivity index (χ4n) is 7.44. The summed E-state index contributed by atoms with van der Waals surface area (Å²) in [5, 5.41) is 11.8. The van der Waals surface area contributed by atoms with Crippen LogP contribution in [0.15, 0.2) is 109 Å². The van der Waals surface area contributed by atoms with Crippen LogP contribution in [0.5, 0.6) is 0 Å². The fraction of sp³-hybridized carbons (Fsp3) is 0.245. The summed E-state index contributed by atoms with van der Waals surface area (Å²) in [7, 11) is -1.00. The number of hydrogen-bond acceptors (Lipinski definition) is 15. The maximum atomic E-state index is 14.8. The summed E-state index contributed by atoms with van der Waals surface area (Å²) in [5.41, 5.74) is 10.8. The topological polar surface area (TPSA) is 215 Å². The molecule has 25 heteroatoms. The van der Waals surface area contributed by atoms with Gasteiger partial charge in [0.1, 0.15) is 23.0 Å². The van der Waals surface area contributed by atoms with E-state index < -0.39 is 46.8 Å². The third kappa shape index (κ3) is 18.1. The van der Waals surface area contributed by atoms with Crippen LogP contribution in [0.4, 0.5) is 23.4 Å². The van der Waals surface area contributed by atoms with Gasteiger partial charge in [-0.1, -0.05) is 70.1 Å². The zero-order valence-electron chi connectivity index (χ0n) is 42.5. The second-order valence-electron chi connectivity index (χ2n) is 17.4. The Morgan fingerprint density at radius 1 is 0.705 bits per heavy atom. The minimum atomic E-state index is -1.14. The first kappa shape index (κ1) is 61.3. The number of carboxylic acids is 1.